The number of carboxylic acid groups (broad SMARTS) is 1. The highest BCUT2D eigenvalue weighted by Gasteiger charge is 2.30. The summed E-state index contributed by atoms with van der Waals surface area (Å²) < 4.78 is 0. The Morgan fingerprint density at radius 2 is 2.20 bits per heavy atom. The van der Waals surface area contributed by atoms with Crippen LogP contribution >= 0.6 is 12.4 Å². The van der Waals surface area contributed by atoms with Crippen LogP contribution in [0.5, 0.6) is 0 Å². The molecule has 0 unspecified atom stereocenters. The lowest BCUT2D eigenvalue weighted by Gasteiger charge is -2.35. The third kappa shape index (κ3) is 1.85. The zero-order valence-corrected chi connectivity index (χ0v) is 6.73. The monoisotopic (exact) mass is 165 g/mol. The predicted molar refractivity (Wildman–Crippen MR) is 40.5 cm³/mol. The van der Waals surface area contributed by atoms with E-state index in [0.717, 1.165) is 19.6 Å². The number of hydrogen-bond donors (Lipinski definition) is 1. The summed E-state index contributed by atoms with van der Waals surface area (Å²) in [5, 5.41) is 8.42. The molecule has 0 amide bonds. The van der Waals surface area contributed by atoms with E-state index in [0.29, 0.717) is 0 Å². The van der Waals surface area contributed by atoms with Crippen molar-refractivity contribution in [1.82, 2.24) is 4.90 Å². The molecule has 1 saturated heterocycles. The van der Waals surface area contributed by atoms with Gasteiger partial charge in [-0.25, -0.2) is 0 Å². The molecule has 1 fully saturated rings. The van der Waals surface area contributed by atoms with Crippen LogP contribution in [-0.2, 0) is 4.79 Å². The molecule has 0 atom stereocenters. The number of likely N-dealkylation sites (tertiary alicyclic amines) is 1. The first-order valence-corrected chi connectivity index (χ1v) is 3.19. The number of halogens is 1. The number of hydrogen-bond acceptors (Lipinski definition) is 2. The van der Waals surface area contributed by atoms with Crippen LogP contribution in [-0.4, -0.2) is 35.6 Å². The topological polar surface area (TPSA) is 40.5 Å². The third-order valence-corrected chi connectivity index (χ3v) is 1.75. The van der Waals surface area contributed by atoms with Crippen molar-refractivity contribution in [3.63, 3.8) is 0 Å². The van der Waals surface area contributed by atoms with Gasteiger partial charge in [0.15, 0.2) is 0 Å². The maximum atomic E-state index is 10.2. The second-order valence-corrected chi connectivity index (χ2v) is 2.39. The molecule has 1 aliphatic rings. The second-order valence-electron chi connectivity index (χ2n) is 2.39. The van der Waals surface area contributed by atoms with Gasteiger partial charge in [0, 0.05) is 13.1 Å². The van der Waals surface area contributed by atoms with Crippen molar-refractivity contribution in [2.45, 2.75) is 6.92 Å². The molecule has 60 valence electrons. The van der Waals surface area contributed by atoms with E-state index >= 15 is 0 Å². The van der Waals surface area contributed by atoms with Crippen LogP contribution in [0.1, 0.15) is 6.92 Å². The highest BCUT2D eigenvalue weighted by molar-refractivity contribution is 5.85. The number of aliphatic carboxylic acids is 1. The predicted octanol–water partition coefficient (Wildman–Crippen LogP) is 0.444. The normalized spacial score (nSPS) is 19.3. The van der Waals surface area contributed by atoms with E-state index in [1.54, 1.807) is 0 Å². The highest BCUT2D eigenvalue weighted by Crippen LogP contribution is 2.13. The van der Waals surface area contributed by atoms with Crippen molar-refractivity contribution in [3.05, 3.63) is 0 Å². The summed E-state index contributed by atoms with van der Waals surface area (Å²) in [5.41, 5.74) is 0. The van der Waals surface area contributed by atoms with Gasteiger partial charge in [-0.05, 0) is 6.54 Å². The Kier molecular flexibility index (Phi) is 3.68. The minimum absolute atomic E-state index is 0. The lowest BCUT2D eigenvalue weighted by atomic mass is 10.0. The fraction of sp³-hybridized carbons (Fsp3) is 0.833. The Morgan fingerprint density at radius 3 is 2.50 bits per heavy atom. The summed E-state index contributed by atoms with van der Waals surface area (Å²) in [5.74, 6) is -0.746. The first-order chi connectivity index (χ1) is 4.24. The van der Waals surface area contributed by atoms with Gasteiger partial charge in [0.25, 0.3) is 0 Å². The molecule has 1 rings (SSSR count). The lowest BCUT2D eigenvalue weighted by Crippen LogP contribution is -2.49. The molecule has 1 aliphatic heterocycles. The fourth-order valence-corrected chi connectivity index (χ4v) is 0.984. The third-order valence-electron chi connectivity index (χ3n) is 1.75. The molecule has 0 bridgehead atoms. The van der Waals surface area contributed by atoms with Crippen molar-refractivity contribution >= 4 is 18.4 Å². The molecule has 4 heteroatoms. The van der Waals surface area contributed by atoms with Gasteiger partial charge >= 0.3 is 5.97 Å². The maximum Gasteiger partial charge on any atom is 0.309 e. The summed E-state index contributed by atoms with van der Waals surface area (Å²) in [6.45, 7) is 4.50. The summed E-state index contributed by atoms with van der Waals surface area (Å²) in [4.78, 5) is 12.3. The molecular formula is C6H12ClNO2. The minimum atomic E-state index is -0.653. The van der Waals surface area contributed by atoms with Gasteiger partial charge in [-0.15, -0.1) is 12.4 Å². The molecule has 0 aliphatic carbocycles. The van der Waals surface area contributed by atoms with E-state index < -0.39 is 5.97 Å². The Labute approximate surface area is 66.4 Å². The van der Waals surface area contributed by atoms with Crippen molar-refractivity contribution in [3.8, 4) is 0 Å². The van der Waals surface area contributed by atoms with Crippen molar-refractivity contribution in [2.75, 3.05) is 19.6 Å². The maximum absolute atomic E-state index is 10.2. The number of carbonyl (C=O) groups is 1. The van der Waals surface area contributed by atoms with E-state index in [9.17, 15) is 4.79 Å². The molecule has 1 heterocycles. The van der Waals surface area contributed by atoms with E-state index in [4.69, 9.17) is 5.11 Å². The molecule has 0 saturated carbocycles. The smallest absolute Gasteiger partial charge is 0.309 e. The van der Waals surface area contributed by atoms with Crippen LogP contribution in [0.25, 0.3) is 0 Å². The van der Waals surface area contributed by atoms with E-state index in [-0.39, 0.29) is 18.3 Å². The zero-order chi connectivity index (χ0) is 6.85. The molecule has 0 aromatic rings. The molecule has 0 aromatic heterocycles. The van der Waals surface area contributed by atoms with Crippen molar-refractivity contribution in [1.29, 1.82) is 0 Å². The zero-order valence-electron chi connectivity index (χ0n) is 5.91. The molecule has 1 N–H and O–H groups in total. The number of rotatable bonds is 2. The molecule has 3 nitrogen and oxygen atoms in total. The van der Waals surface area contributed by atoms with E-state index in [2.05, 4.69) is 4.90 Å². The average Bonchev–Trinajstić information content (AvgIpc) is 1.61. The lowest BCUT2D eigenvalue weighted by molar-refractivity contribution is -0.147. The van der Waals surface area contributed by atoms with Gasteiger partial charge < -0.3 is 10.0 Å². The summed E-state index contributed by atoms with van der Waals surface area (Å²) in [7, 11) is 0. The first kappa shape index (κ1) is 9.72. The molecule has 10 heavy (non-hydrogen) atoms. The molecule has 0 aromatic carbocycles. The van der Waals surface area contributed by atoms with Gasteiger partial charge in [-0.3, -0.25) is 4.79 Å². The van der Waals surface area contributed by atoms with Gasteiger partial charge in [-0.2, -0.15) is 0 Å². The Balaban J connectivity index is 0.000000810. The minimum Gasteiger partial charge on any atom is -0.481 e. The van der Waals surface area contributed by atoms with Crippen LogP contribution in [0.2, 0.25) is 0 Å². The standard InChI is InChI=1S/C6H11NO2.ClH/c1-2-7-3-5(4-7)6(8)9;/h5H,2-4H2,1H3,(H,8,9);1H. The molecule has 0 spiro atoms. The Bertz CT molecular complexity index is 123. The van der Waals surface area contributed by atoms with Crippen LogP contribution in [0, 0.1) is 5.92 Å². The van der Waals surface area contributed by atoms with Gasteiger partial charge in [0.1, 0.15) is 0 Å². The summed E-state index contributed by atoms with van der Waals surface area (Å²) in [6, 6.07) is 0. The van der Waals surface area contributed by atoms with Crippen LogP contribution in [0.4, 0.5) is 0 Å². The molecule has 0 radical (unpaired) electrons. The van der Waals surface area contributed by atoms with E-state index in [1.165, 1.54) is 0 Å². The Hall–Kier alpha value is -0.280. The Morgan fingerprint density at radius 1 is 1.70 bits per heavy atom. The van der Waals surface area contributed by atoms with Gasteiger partial charge in [0.05, 0.1) is 5.92 Å². The highest BCUT2D eigenvalue weighted by atomic mass is 35.5. The van der Waals surface area contributed by atoms with Crippen LogP contribution in [0.15, 0.2) is 0 Å². The average molecular weight is 166 g/mol. The quantitative estimate of drug-likeness (QED) is 0.646. The second kappa shape index (κ2) is 3.78. The first-order valence-electron chi connectivity index (χ1n) is 3.19. The number of nitrogens with zero attached hydrogens (tertiary/aromatic N) is 1. The van der Waals surface area contributed by atoms with Crippen molar-refractivity contribution < 1.29 is 9.90 Å². The fourth-order valence-electron chi connectivity index (χ4n) is 0.984. The van der Waals surface area contributed by atoms with Crippen LogP contribution < -0.4 is 0 Å². The van der Waals surface area contributed by atoms with E-state index in [1.807, 2.05) is 6.92 Å². The summed E-state index contributed by atoms with van der Waals surface area (Å²) >= 11 is 0. The largest absolute Gasteiger partial charge is 0.481 e. The van der Waals surface area contributed by atoms with Gasteiger partial charge in [0.2, 0.25) is 0 Å². The molecular weight excluding hydrogens is 154 g/mol. The SMILES string of the molecule is CCN1CC(C(=O)O)C1.Cl. The summed E-state index contributed by atoms with van der Waals surface area (Å²) in [6.07, 6.45) is 0. The number of carboxylic acids is 1. The van der Waals surface area contributed by atoms with Gasteiger partial charge in [-0.1, -0.05) is 6.92 Å². The van der Waals surface area contributed by atoms with Crippen molar-refractivity contribution in [2.24, 2.45) is 5.92 Å². The van der Waals surface area contributed by atoms with Crippen LogP contribution in [0.3, 0.4) is 0 Å².